The molecule has 1 aromatic heterocycles. The van der Waals surface area contributed by atoms with Gasteiger partial charge in [0.05, 0.1) is 19.5 Å². The molecule has 7 heteroatoms. The molecule has 1 atom stereocenters. The van der Waals surface area contributed by atoms with Crippen LogP contribution in [0.2, 0.25) is 0 Å². The topological polar surface area (TPSA) is 72.4 Å². The van der Waals surface area contributed by atoms with Crippen molar-refractivity contribution in [3.63, 3.8) is 0 Å². The number of anilines is 1. The Kier molecular flexibility index (Phi) is 3.81. The van der Waals surface area contributed by atoms with Gasteiger partial charge in [-0.05, 0) is 0 Å². The van der Waals surface area contributed by atoms with Gasteiger partial charge < -0.3 is 4.74 Å². The number of thioether (sulfide) groups is 1. The fourth-order valence-corrected chi connectivity index (χ4v) is 2.70. The summed E-state index contributed by atoms with van der Waals surface area (Å²) in [6, 6.07) is 0. The van der Waals surface area contributed by atoms with Crippen molar-refractivity contribution >= 4 is 28.6 Å². The van der Waals surface area contributed by atoms with E-state index in [4.69, 9.17) is 4.74 Å². The van der Waals surface area contributed by atoms with Crippen LogP contribution in [0.25, 0.3) is 0 Å². The molecule has 2 heterocycles. The van der Waals surface area contributed by atoms with Crippen LogP contribution < -0.4 is 9.64 Å². The molecule has 0 N–H and O–H groups in total. The van der Waals surface area contributed by atoms with Gasteiger partial charge in [-0.25, -0.2) is 0 Å². The normalized spacial score (nSPS) is 19.1. The van der Waals surface area contributed by atoms with E-state index in [1.807, 2.05) is 0 Å². The summed E-state index contributed by atoms with van der Waals surface area (Å²) in [5.74, 6) is 0.783. The summed E-state index contributed by atoms with van der Waals surface area (Å²) in [4.78, 5) is 32.6. The first-order chi connectivity index (χ1) is 8.60. The smallest absolute Gasteiger partial charge is 0.234 e. The second-order valence-electron chi connectivity index (χ2n) is 3.86. The summed E-state index contributed by atoms with van der Waals surface area (Å²) in [5.41, 5.74) is 0. The Morgan fingerprint density at radius 3 is 3.00 bits per heavy atom. The maximum absolute atomic E-state index is 11.9. The molecular weight excluding hydrogens is 254 g/mol. The van der Waals surface area contributed by atoms with Crippen LogP contribution in [0.5, 0.6) is 5.88 Å². The number of ether oxygens (including phenoxy) is 1. The zero-order valence-electron chi connectivity index (χ0n) is 10.1. The van der Waals surface area contributed by atoms with Gasteiger partial charge >= 0.3 is 0 Å². The molecule has 1 aliphatic rings. The van der Waals surface area contributed by atoms with Gasteiger partial charge in [0, 0.05) is 25.1 Å². The average molecular weight is 267 g/mol. The zero-order chi connectivity index (χ0) is 13.1. The third-order valence-corrected chi connectivity index (χ3v) is 3.49. The molecule has 1 amide bonds. The Morgan fingerprint density at radius 2 is 2.33 bits per heavy atom. The lowest BCUT2D eigenvalue weighted by Crippen LogP contribution is -2.26. The number of amides is 1. The van der Waals surface area contributed by atoms with Crippen LogP contribution in [0.3, 0.4) is 0 Å². The molecule has 1 fully saturated rings. The van der Waals surface area contributed by atoms with E-state index in [-0.39, 0.29) is 16.3 Å². The average Bonchev–Trinajstić information content (AvgIpc) is 2.69. The zero-order valence-corrected chi connectivity index (χ0v) is 10.9. The molecule has 1 aliphatic heterocycles. The largest absolute Gasteiger partial charge is 0.480 e. The molecule has 1 unspecified atom stereocenters. The van der Waals surface area contributed by atoms with E-state index in [1.165, 1.54) is 43.1 Å². The minimum atomic E-state index is -0.0451. The number of carbonyl (C=O) groups is 2. The standard InChI is InChI=1S/C11H13N3O3S/c1-7(15)18-8-3-11(16)14(6-8)9-4-12-5-10(13-9)17-2/h4-5,8H,3,6H2,1-2H3. The summed E-state index contributed by atoms with van der Waals surface area (Å²) in [5, 5.41) is 0.00868. The van der Waals surface area contributed by atoms with Crippen molar-refractivity contribution in [2.45, 2.75) is 18.6 Å². The van der Waals surface area contributed by atoms with Gasteiger partial charge in [0.1, 0.15) is 0 Å². The highest BCUT2D eigenvalue weighted by atomic mass is 32.2. The van der Waals surface area contributed by atoms with Crippen LogP contribution in [-0.4, -0.2) is 39.9 Å². The van der Waals surface area contributed by atoms with Gasteiger partial charge in [0.2, 0.25) is 11.8 Å². The molecular formula is C11H13N3O3S. The van der Waals surface area contributed by atoms with E-state index >= 15 is 0 Å². The van der Waals surface area contributed by atoms with Crippen molar-refractivity contribution in [1.82, 2.24) is 9.97 Å². The van der Waals surface area contributed by atoms with E-state index in [9.17, 15) is 9.59 Å². The minimum Gasteiger partial charge on any atom is -0.480 e. The number of carbonyl (C=O) groups excluding carboxylic acids is 2. The van der Waals surface area contributed by atoms with Gasteiger partial charge in [-0.2, -0.15) is 4.98 Å². The first kappa shape index (κ1) is 12.8. The van der Waals surface area contributed by atoms with E-state index in [0.29, 0.717) is 24.7 Å². The number of nitrogens with zero attached hydrogens (tertiary/aromatic N) is 3. The van der Waals surface area contributed by atoms with Crippen LogP contribution in [0.15, 0.2) is 12.4 Å². The third-order valence-electron chi connectivity index (χ3n) is 2.51. The molecule has 0 aromatic carbocycles. The van der Waals surface area contributed by atoms with Crippen LogP contribution in [0.1, 0.15) is 13.3 Å². The number of hydrogen-bond acceptors (Lipinski definition) is 6. The molecule has 2 rings (SSSR count). The van der Waals surface area contributed by atoms with Crippen molar-refractivity contribution in [2.24, 2.45) is 0 Å². The van der Waals surface area contributed by atoms with Crippen LogP contribution >= 0.6 is 11.8 Å². The van der Waals surface area contributed by atoms with E-state index in [2.05, 4.69) is 9.97 Å². The number of aromatic nitrogens is 2. The predicted octanol–water partition coefficient (Wildman–Crippen LogP) is 0.870. The Balaban J connectivity index is 2.13. The summed E-state index contributed by atoms with van der Waals surface area (Å²) in [6.45, 7) is 1.98. The van der Waals surface area contributed by atoms with E-state index in [1.54, 1.807) is 0 Å². The van der Waals surface area contributed by atoms with Crippen molar-refractivity contribution in [2.75, 3.05) is 18.6 Å². The Bertz CT molecular complexity index is 480. The highest BCUT2D eigenvalue weighted by molar-refractivity contribution is 8.14. The van der Waals surface area contributed by atoms with Crippen LogP contribution in [0, 0.1) is 0 Å². The molecule has 6 nitrogen and oxygen atoms in total. The highest BCUT2D eigenvalue weighted by Gasteiger charge is 2.32. The predicted molar refractivity (Wildman–Crippen MR) is 67.6 cm³/mol. The SMILES string of the molecule is COc1cncc(N2CC(SC(C)=O)CC2=O)n1. The second-order valence-corrected chi connectivity index (χ2v) is 5.34. The number of rotatable bonds is 3. The summed E-state index contributed by atoms with van der Waals surface area (Å²) in [6.07, 6.45) is 3.34. The van der Waals surface area contributed by atoms with Crippen molar-refractivity contribution < 1.29 is 14.3 Å². The molecule has 18 heavy (non-hydrogen) atoms. The molecule has 0 saturated carbocycles. The molecule has 0 spiro atoms. The summed E-state index contributed by atoms with van der Waals surface area (Å²) in [7, 11) is 1.49. The second kappa shape index (κ2) is 5.34. The Labute approximate surface area is 109 Å². The number of methoxy groups -OCH3 is 1. The fourth-order valence-electron chi connectivity index (χ4n) is 1.78. The molecule has 0 aliphatic carbocycles. The van der Waals surface area contributed by atoms with Crippen LogP contribution in [0.4, 0.5) is 5.82 Å². The Morgan fingerprint density at radius 1 is 1.56 bits per heavy atom. The quantitative estimate of drug-likeness (QED) is 0.809. The first-order valence-electron chi connectivity index (χ1n) is 5.43. The first-order valence-corrected chi connectivity index (χ1v) is 6.31. The fraction of sp³-hybridized carbons (Fsp3) is 0.455. The lowest BCUT2D eigenvalue weighted by atomic mass is 10.4. The Hall–Kier alpha value is -1.63. The molecule has 0 radical (unpaired) electrons. The van der Waals surface area contributed by atoms with Gasteiger partial charge in [-0.1, -0.05) is 11.8 Å². The number of hydrogen-bond donors (Lipinski definition) is 0. The maximum Gasteiger partial charge on any atom is 0.234 e. The maximum atomic E-state index is 11.9. The monoisotopic (exact) mass is 267 g/mol. The summed E-state index contributed by atoms with van der Waals surface area (Å²) >= 11 is 1.19. The van der Waals surface area contributed by atoms with Gasteiger partial charge in [-0.3, -0.25) is 19.5 Å². The molecule has 0 bridgehead atoms. The molecule has 1 aromatic rings. The van der Waals surface area contributed by atoms with Gasteiger partial charge in [0.25, 0.3) is 0 Å². The van der Waals surface area contributed by atoms with Gasteiger partial charge in [0.15, 0.2) is 10.9 Å². The van der Waals surface area contributed by atoms with Crippen LogP contribution in [-0.2, 0) is 9.59 Å². The lowest BCUT2D eigenvalue weighted by molar-refractivity contribution is -0.117. The van der Waals surface area contributed by atoms with Crippen molar-refractivity contribution in [3.8, 4) is 5.88 Å². The minimum absolute atomic E-state index is 0.0111. The van der Waals surface area contributed by atoms with E-state index in [0.717, 1.165) is 0 Å². The van der Waals surface area contributed by atoms with Crippen molar-refractivity contribution in [3.05, 3.63) is 12.4 Å². The lowest BCUT2D eigenvalue weighted by Gasteiger charge is -2.15. The van der Waals surface area contributed by atoms with Gasteiger partial charge in [-0.15, -0.1) is 0 Å². The highest BCUT2D eigenvalue weighted by Crippen LogP contribution is 2.27. The molecule has 1 saturated heterocycles. The van der Waals surface area contributed by atoms with E-state index < -0.39 is 0 Å². The third kappa shape index (κ3) is 2.79. The summed E-state index contributed by atoms with van der Waals surface area (Å²) < 4.78 is 4.97. The van der Waals surface area contributed by atoms with Crippen molar-refractivity contribution in [1.29, 1.82) is 0 Å². The molecule has 96 valence electrons.